The molecule has 2 atom stereocenters. The summed E-state index contributed by atoms with van der Waals surface area (Å²) in [6.45, 7) is 2.23. The molecule has 0 fully saturated rings. The van der Waals surface area contributed by atoms with Gasteiger partial charge in [0.15, 0.2) is 12.6 Å². The Kier molecular flexibility index (Phi) is 3.02. The first-order valence-electron chi connectivity index (χ1n) is 3.47. The van der Waals surface area contributed by atoms with Crippen LogP contribution >= 0.6 is 0 Å². The van der Waals surface area contributed by atoms with Gasteiger partial charge in [0.25, 0.3) is 0 Å². The van der Waals surface area contributed by atoms with E-state index in [4.69, 9.17) is 19.7 Å². The van der Waals surface area contributed by atoms with Crippen molar-refractivity contribution in [2.75, 3.05) is 13.2 Å². The summed E-state index contributed by atoms with van der Waals surface area (Å²) in [4.78, 5) is 0. The molecule has 2 unspecified atom stereocenters. The third-order valence-corrected chi connectivity index (χ3v) is 1.33. The molecule has 4 heteroatoms. The van der Waals surface area contributed by atoms with Gasteiger partial charge in [0.1, 0.15) is 0 Å². The first-order valence-corrected chi connectivity index (χ1v) is 3.47. The van der Waals surface area contributed by atoms with Crippen LogP contribution in [-0.4, -0.2) is 36.0 Å². The molecule has 0 saturated heterocycles. The summed E-state index contributed by atoms with van der Waals surface area (Å²) in [5.74, 6) is 0. The van der Waals surface area contributed by atoms with E-state index in [2.05, 4.69) is 0 Å². The molecule has 0 aromatic heterocycles. The molecule has 1 aliphatic heterocycles. The maximum Gasteiger partial charge on any atom is 0.174 e. The van der Waals surface area contributed by atoms with Gasteiger partial charge in [0, 0.05) is 0 Å². The summed E-state index contributed by atoms with van der Waals surface area (Å²) < 4.78 is 9.67. The number of hydrogen-bond acceptors (Lipinski definition) is 4. The van der Waals surface area contributed by atoms with Crippen molar-refractivity contribution < 1.29 is 19.7 Å². The van der Waals surface area contributed by atoms with E-state index in [1.807, 2.05) is 0 Å². The van der Waals surface area contributed by atoms with Crippen LogP contribution in [0.1, 0.15) is 6.92 Å². The minimum atomic E-state index is -0.803. The molecule has 1 aliphatic rings. The van der Waals surface area contributed by atoms with Gasteiger partial charge in [-0.3, -0.25) is 0 Å². The van der Waals surface area contributed by atoms with Crippen LogP contribution in [-0.2, 0) is 9.47 Å². The number of hydrogen-bond donors (Lipinski definition) is 2. The molecular weight excluding hydrogens is 148 g/mol. The van der Waals surface area contributed by atoms with Gasteiger partial charge in [-0.2, -0.15) is 0 Å². The molecule has 1 heterocycles. The second kappa shape index (κ2) is 3.82. The molecule has 11 heavy (non-hydrogen) atoms. The fraction of sp³-hybridized carbons (Fsp3) is 0.714. The monoisotopic (exact) mass is 160 g/mol. The third-order valence-electron chi connectivity index (χ3n) is 1.33. The summed E-state index contributed by atoms with van der Waals surface area (Å²) in [5, 5.41) is 17.6. The number of aliphatic hydroxyl groups is 2. The first-order chi connectivity index (χ1) is 5.18. The largest absolute Gasteiger partial charge is 0.368 e. The molecule has 0 saturated carbocycles. The Balaban J connectivity index is 2.22. The first kappa shape index (κ1) is 8.67. The van der Waals surface area contributed by atoms with Gasteiger partial charge < -0.3 is 19.7 Å². The minimum absolute atomic E-state index is 0.314. The average Bonchev–Trinajstić information content (AvgIpc) is 2.31. The number of ether oxygens (including phenoxy) is 2. The highest BCUT2D eigenvalue weighted by Gasteiger charge is 2.13. The van der Waals surface area contributed by atoms with E-state index < -0.39 is 12.6 Å². The Morgan fingerprint density at radius 3 is 3.09 bits per heavy atom. The van der Waals surface area contributed by atoms with Gasteiger partial charge in [-0.15, -0.1) is 0 Å². The molecule has 0 bridgehead atoms. The van der Waals surface area contributed by atoms with E-state index in [1.165, 1.54) is 6.92 Å². The zero-order valence-electron chi connectivity index (χ0n) is 6.36. The second-order valence-electron chi connectivity index (χ2n) is 2.44. The van der Waals surface area contributed by atoms with E-state index in [9.17, 15) is 0 Å². The van der Waals surface area contributed by atoms with Crippen LogP contribution in [0.4, 0.5) is 0 Å². The van der Waals surface area contributed by atoms with Crippen molar-refractivity contribution in [2.45, 2.75) is 19.5 Å². The van der Waals surface area contributed by atoms with E-state index in [1.54, 1.807) is 6.08 Å². The molecule has 2 N–H and O–H groups in total. The van der Waals surface area contributed by atoms with Crippen molar-refractivity contribution in [2.24, 2.45) is 0 Å². The summed E-state index contributed by atoms with van der Waals surface area (Å²) in [7, 11) is 0. The lowest BCUT2D eigenvalue weighted by Gasteiger charge is -2.05. The molecule has 0 radical (unpaired) electrons. The van der Waals surface area contributed by atoms with Gasteiger partial charge in [-0.1, -0.05) is 0 Å². The SMILES string of the molecule is CC(O)OCC1=CC(O)OC1. The highest BCUT2D eigenvalue weighted by atomic mass is 16.6. The van der Waals surface area contributed by atoms with Gasteiger partial charge in [0.2, 0.25) is 0 Å². The summed E-state index contributed by atoms with van der Waals surface area (Å²) >= 11 is 0. The third kappa shape index (κ3) is 2.98. The summed E-state index contributed by atoms with van der Waals surface area (Å²) in [6, 6.07) is 0. The lowest BCUT2D eigenvalue weighted by atomic mass is 10.3. The van der Waals surface area contributed by atoms with Crippen LogP contribution in [0.25, 0.3) is 0 Å². The van der Waals surface area contributed by atoms with Crippen LogP contribution in [0.5, 0.6) is 0 Å². The topological polar surface area (TPSA) is 58.9 Å². The number of rotatable bonds is 3. The molecule has 4 nitrogen and oxygen atoms in total. The van der Waals surface area contributed by atoms with E-state index in [-0.39, 0.29) is 0 Å². The van der Waals surface area contributed by atoms with Crippen LogP contribution < -0.4 is 0 Å². The zero-order valence-corrected chi connectivity index (χ0v) is 6.36. The van der Waals surface area contributed by atoms with Gasteiger partial charge in [-0.25, -0.2) is 0 Å². The normalized spacial score (nSPS) is 26.8. The van der Waals surface area contributed by atoms with Crippen molar-refractivity contribution >= 4 is 0 Å². The lowest BCUT2D eigenvalue weighted by Crippen LogP contribution is -2.09. The maximum absolute atomic E-state index is 8.85. The standard InChI is InChI=1S/C7H12O4/c1-5(8)10-3-6-2-7(9)11-4-6/h2,5,7-9H,3-4H2,1H3. The van der Waals surface area contributed by atoms with Crippen molar-refractivity contribution in [3.63, 3.8) is 0 Å². The number of aliphatic hydroxyl groups excluding tert-OH is 2. The second-order valence-corrected chi connectivity index (χ2v) is 2.44. The molecule has 1 rings (SSSR count). The molecular formula is C7H12O4. The summed E-state index contributed by atoms with van der Waals surface area (Å²) in [6.07, 6.45) is -0.00112. The Labute approximate surface area is 65.0 Å². The van der Waals surface area contributed by atoms with E-state index in [0.717, 1.165) is 5.57 Å². The average molecular weight is 160 g/mol. The molecule has 64 valence electrons. The lowest BCUT2D eigenvalue weighted by molar-refractivity contribution is -0.0792. The Hall–Kier alpha value is -0.420. The minimum Gasteiger partial charge on any atom is -0.368 e. The van der Waals surface area contributed by atoms with Crippen molar-refractivity contribution in [3.05, 3.63) is 11.6 Å². The van der Waals surface area contributed by atoms with Crippen molar-refractivity contribution in [1.29, 1.82) is 0 Å². The molecule has 0 aliphatic carbocycles. The highest BCUT2D eigenvalue weighted by Crippen LogP contribution is 2.09. The fourth-order valence-electron chi connectivity index (χ4n) is 0.808. The Morgan fingerprint density at radius 1 is 1.91 bits per heavy atom. The van der Waals surface area contributed by atoms with Crippen LogP contribution in [0, 0.1) is 0 Å². The van der Waals surface area contributed by atoms with Gasteiger partial charge >= 0.3 is 0 Å². The summed E-state index contributed by atoms with van der Waals surface area (Å²) in [5.41, 5.74) is 0.860. The van der Waals surface area contributed by atoms with Crippen LogP contribution in [0.2, 0.25) is 0 Å². The predicted octanol–water partition coefficient (Wildman–Crippen LogP) is -0.384. The predicted molar refractivity (Wildman–Crippen MR) is 37.7 cm³/mol. The van der Waals surface area contributed by atoms with E-state index in [0.29, 0.717) is 13.2 Å². The van der Waals surface area contributed by atoms with Gasteiger partial charge in [0.05, 0.1) is 13.2 Å². The Morgan fingerprint density at radius 2 is 2.64 bits per heavy atom. The molecule has 0 aromatic carbocycles. The Bertz CT molecular complexity index is 153. The van der Waals surface area contributed by atoms with Crippen LogP contribution in [0.3, 0.4) is 0 Å². The zero-order chi connectivity index (χ0) is 8.27. The van der Waals surface area contributed by atoms with E-state index >= 15 is 0 Å². The van der Waals surface area contributed by atoms with Gasteiger partial charge in [-0.05, 0) is 18.6 Å². The maximum atomic E-state index is 8.85. The van der Waals surface area contributed by atoms with Crippen molar-refractivity contribution in [3.8, 4) is 0 Å². The van der Waals surface area contributed by atoms with Crippen molar-refractivity contribution in [1.82, 2.24) is 0 Å². The molecule has 0 amide bonds. The molecule has 0 aromatic rings. The van der Waals surface area contributed by atoms with Crippen LogP contribution in [0.15, 0.2) is 11.6 Å². The fourth-order valence-corrected chi connectivity index (χ4v) is 0.808. The smallest absolute Gasteiger partial charge is 0.174 e. The quantitative estimate of drug-likeness (QED) is 0.436. The molecule has 0 spiro atoms. The highest BCUT2D eigenvalue weighted by molar-refractivity contribution is 5.08.